The second-order valence-corrected chi connectivity index (χ2v) is 4.29. The highest BCUT2D eigenvalue weighted by atomic mass is 16.5. The predicted octanol–water partition coefficient (Wildman–Crippen LogP) is 2.28. The lowest BCUT2D eigenvalue weighted by atomic mass is 10.1. The van der Waals surface area contributed by atoms with Gasteiger partial charge >= 0.3 is 11.9 Å². The lowest BCUT2D eigenvalue weighted by Gasteiger charge is -2.03. The monoisotopic (exact) mass is 278 g/mol. The van der Waals surface area contributed by atoms with Crippen LogP contribution in [0.1, 0.15) is 32.1 Å². The maximum absolute atomic E-state index is 11.5. The van der Waals surface area contributed by atoms with Crippen molar-refractivity contribution in [3.63, 3.8) is 0 Å². The molecule has 0 atom stereocenters. The zero-order valence-corrected chi connectivity index (χ0v) is 11.5. The molecule has 0 saturated carbocycles. The van der Waals surface area contributed by atoms with E-state index in [-0.39, 0.29) is 31.0 Å². The number of Topliss-reactive ketones (excluding diaryl/α,β-unsaturated/α-hetero) is 1. The fourth-order valence-electron chi connectivity index (χ4n) is 1.60. The van der Waals surface area contributed by atoms with E-state index in [1.165, 1.54) is 7.11 Å². The van der Waals surface area contributed by atoms with E-state index in [1.807, 2.05) is 6.07 Å². The molecule has 0 aromatic heterocycles. The van der Waals surface area contributed by atoms with Gasteiger partial charge in [-0.05, 0) is 25.0 Å². The maximum Gasteiger partial charge on any atom is 0.318 e. The minimum absolute atomic E-state index is 0.184. The van der Waals surface area contributed by atoms with Gasteiger partial charge in [0.2, 0.25) is 0 Å². The fourth-order valence-corrected chi connectivity index (χ4v) is 1.60. The largest absolute Gasteiger partial charge is 0.469 e. The van der Waals surface area contributed by atoms with Gasteiger partial charge < -0.3 is 9.47 Å². The molecule has 1 aromatic rings. The summed E-state index contributed by atoms with van der Waals surface area (Å²) >= 11 is 0. The van der Waals surface area contributed by atoms with Crippen molar-refractivity contribution in [1.29, 1.82) is 0 Å². The summed E-state index contributed by atoms with van der Waals surface area (Å²) in [4.78, 5) is 33.9. The van der Waals surface area contributed by atoms with Gasteiger partial charge in [0.1, 0.15) is 18.0 Å². The molecule has 108 valence electrons. The van der Waals surface area contributed by atoms with Crippen LogP contribution < -0.4 is 4.74 Å². The van der Waals surface area contributed by atoms with Crippen LogP contribution in [-0.2, 0) is 19.1 Å². The van der Waals surface area contributed by atoms with E-state index in [9.17, 15) is 14.4 Å². The summed E-state index contributed by atoms with van der Waals surface area (Å²) in [6.45, 7) is 0. The number of para-hydroxylation sites is 1. The molecule has 0 radical (unpaired) electrons. The Labute approximate surface area is 117 Å². The zero-order valence-electron chi connectivity index (χ0n) is 11.5. The van der Waals surface area contributed by atoms with E-state index in [4.69, 9.17) is 4.74 Å². The average Bonchev–Trinajstić information content (AvgIpc) is 2.44. The van der Waals surface area contributed by atoms with Crippen molar-refractivity contribution in [2.75, 3.05) is 7.11 Å². The number of rotatable bonds is 8. The van der Waals surface area contributed by atoms with Crippen LogP contribution in [0.2, 0.25) is 0 Å². The van der Waals surface area contributed by atoms with Gasteiger partial charge in [-0.2, -0.15) is 0 Å². The first-order chi connectivity index (χ1) is 9.61. The summed E-state index contributed by atoms with van der Waals surface area (Å²) in [7, 11) is 1.33. The highest BCUT2D eigenvalue weighted by Crippen LogP contribution is 2.10. The van der Waals surface area contributed by atoms with Crippen LogP contribution in [0.4, 0.5) is 0 Å². The molecule has 5 heteroatoms. The highest BCUT2D eigenvalue weighted by molar-refractivity contribution is 5.96. The highest BCUT2D eigenvalue weighted by Gasteiger charge is 2.11. The van der Waals surface area contributed by atoms with Crippen LogP contribution in [0, 0.1) is 0 Å². The lowest BCUT2D eigenvalue weighted by molar-refractivity contribution is -0.141. The lowest BCUT2D eigenvalue weighted by Crippen LogP contribution is -2.13. The van der Waals surface area contributed by atoms with Crippen molar-refractivity contribution in [1.82, 2.24) is 0 Å². The van der Waals surface area contributed by atoms with Crippen LogP contribution in [0.25, 0.3) is 0 Å². The maximum atomic E-state index is 11.5. The first kappa shape index (κ1) is 15.9. The third-order valence-corrected chi connectivity index (χ3v) is 2.63. The molecule has 0 saturated heterocycles. The second kappa shape index (κ2) is 8.85. The topological polar surface area (TPSA) is 69.7 Å². The molecule has 0 fully saturated rings. The first-order valence-corrected chi connectivity index (χ1v) is 6.46. The number of carbonyl (C=O) groups excluding carboxylic acids is 3. The summed E-state index contributed by atoms with van der Waals surface area (Å²) in [5.74, 6) is -0.609. The summed E-state index contributed by atoms with van der Waals surface area (Å²) in [6.07, 6.45) is 1.45. The summed E-state index contributed by atoms with van der Waals surface area (Å²) in [5.41, 5.74) is 0. The van der Waals surface area contributed by atoms with Crippen LogP contribution in [0.3, 0.4) is 0 Å². The van der Waals surface area contributed by atoms with Crippen molar-refractivity contribution < 1.29 is 23.9 Å². The number of unbranched alkanes of at least 4 members (excludes halogenated alkanes) is 1. The van der Waals surface area contributed by atoms with Crippen LogP contribution in [-0.4, -0.2) is 24.8 Å². The number of ether oxygens (including phenoxy) is 2. The third kappa shape index (κ3) is 6.68. The van der Waals surface area contributed by atoms with Crippen molar-refractivity contribution in [3.05, 3.63) is 30.3 Å². The fraction of sp³-hybridized carbons (Fsp3) is 0.400. The van der Waals surface area contributed by atoms with Crippen molar-refractivity contribution in [2.45, 2.75) is 32.1 Å². The molecule has 20 heavy (non-hydrogen) atoms. The minimum Gasteiger partial charge on any atom is -0.469 e. The van der Waals surface area contributed by atoms with Crippen LogP contribution in [0.5, 0.6) is 5.75 Å². The molecular weight excluding hydrogens is 260 g/mol. The van der Waals surface area contributed by atoms with Crippen molar-refractivity contribution in [3.8, 4) is 5.75 Å². The van der Waals surface area contributed by atoms with Gasteiger partial charge in [-0.1, -0.05) is 18.2 Å². The van der Waals surface area contributed by atoms with E-state index in [0.717, 1.165) is 0 Å². The van der Waals surface area contributed by atoms with E-state index < -0.39 is 5.97 Å². The van der Waals surface area contributed by atoms with Gasteiger partial charge in [0, 0.05) is 12.8 Å². The predicted molar refractivity (Wildman–Crippen MR) is 72.2 cm³/mol. The number of esters is 2. The Morgan fingerprint density at radius 2 is 1.60 bits per heavy atom. The first-order valence-electron chi connectivity index (χ1n) is 6.46. The standard InChI is InChI=1S/C15H18O5/c1-19-14(17)10-6-5-7-12(16)11-15(18)20-13-8-3-2-4-9-13/h2-4,8-9H,5-7,10-11H2,1H3. The van der Waals surface area contributed by atoms with E-state index in [1.54, 1.807) is 24.3 Å². The average molecular weight is 278 g/mol. The number of hydrogen-bond acceptors (Lipinski definition) is 5. The SMILES string of the molecule is COC(=O)CCCCC(=O)CC(=O)Oc1ccccc1. The van der Waals surface area contributed by atoms with E-state index in [2.05, 4.69) is 4.74 Å². The summed E-state index contributed by atoms with van der Waals surface area (Å²) in [5, 5.41) is 0. The Kier molecular flexibility index (Phi) is 7.03. The Bertz CT molecular complexity index is 453. The number of methoxy groups -OCH3 is 1. The number of ketones is 1. The summed E-state index contributed by atoms with van der Waals surface area (Å²) < 4.78 is 9.50. The smallest absolute Gasteiger partial charge is 0.318 e. The van der Waals surface area contributed by atoms with E-state index in [0.29, 0.717) is 18.6 Å². The third-order valence-electron chi connectivity index (χ3n) is 2.63. The molecule has 1 aromatic carbocycles. The number of hydrogen-bond donors (Lipinski definition) is 0. The van der Waals surface area contributed by atoms with Gasteiger partial charge in [0.25, 0.3) is 0 Å². The molecule has 5 nitrogen and oxygen atoms in total. The molecule has 0 aliphatic carbocycles. The van der Waals surface area contributed by atoms with Crippen LogP contribution in [0.15, 0.2) is 30.3 Å². The molecule has 0 heterocycles. The Morgan fingerprint density at radius 1 is 0.950 bits per heavy atom. The van der Waals surface area contributed by atoms with Crippen LogP contribution >= 0.6 is 0 Å². The molecule has 1 rings (SSSR count). The van der Waals surface area contributed by atoms with E-state index >= 15 is 0 Å². The number of carbonyl (C=O) groups is 3. The molecule has 0 bridgehead atoms. The zero-order chi connectivity index (χ0) is 14.8. The summed E-state index contributed by atoms with van der Waals surface area (Å²) in [6, 6.07) is 8.61. The normalized spacial score (nSPS) is 9.85. The molecule has 0 spiro atoms. The molecule has 0 unspecified atom stereocenters. The minimum atomic E-state index is -0.561. The van der Waals surface area contributed by atoms with Gasteiger partial charge in [-0.3, -0.25) is 14.4 Å². The molecule has 0 aliphatic heterocycles. The van der Waals surface area contributed by atoms with Gasteiger partial charge in [0.15, 0.2) is 0 Å². The Hall–Kier alpha value is -2.17. The molecule has 0 amide bonds. The number of benzene rings is 1. The van der Waals surface area contributed by atoms with Crippen molar-refractivity contribution in [2.24, 2.45) is 0 Å². The molecule has 0 aliphatic rings. The van der Waals surface area contributed by atoms with Gasteiger partial charge in [0.05, 0.1) is 7.11 Å². The Morgan fingerprint density at radius 3 is 2.25 bits per heavy atom. The quantitative estimate of drug-likeness (QED) is 0.316. The Balaban J connectivity index is 2.18. The van der Waals surface area contributed by atoms with Crippen molar-refractivity contribution >= 4 is 17.7 Å². The second-order valence-electron chi connectivity index (χ2n) is 4.29. The molecule has 0 N–H and O–H groups in total. The van der Waals surface area contributed by atoms with Gasteiger partial charge in [-0.25, -0.2) is 0 Å². The van der Waals surface area contributed by atoms with Gasteiger partial charge in [-0.15, -0.1) is 0 Å². The molecular formula is C15H18O5.